The van der Waals surface area contributed by atoms with Crippen molar-refractivity contribution in [1.82, 2.24) is 9.88 Å². The second kappa shape index (κ2) is 7.74. The number of hydrogen-bond donors (Lipinski definition) is 0. The van der Waals surface area contributed by atoms with E-state index in [1.165, 1.54) is 12.1 Å². The highest BCUT2D eigenvalue weighted by Gasteiger charge is 2.54. The van der Waals surface area contributed by atoms with Crippen LogP contribution in [0.3, 0.4) is 0 Å². The topological polar surface area (TPSA) is 51.7 Å². The van der Waals surface area contributed by atoms with E-state index in [1.807, 2.05) is 17.0 Å². The Morgan fingerprint density at radius 2 is 2.07 bits per heavy atom. The van der Waals surface area contributed by atoms with E-state index in [0.717, 1.165) is 17.5 Å². The number of likely N-dealkylation sites (tertiary alicyclic amines) is 1. The van der Waals surface area contributed by atoms with Crippen LogP contribution in [0.25, 0.3) is 0 Å². The number of nitrogens with zero attached hydrogens (tertiary/aromatic N) is 2. The summed E-state index contributed by atoms with van der Waals surface area (Å²) in [4.78, 5) is 18.4. The Labute approximate surface area is 158 Å². The van der Waals surface area contributed by atoms with Crippen LogP contribution in [0.15, 0.2) is 48.8 Å². The molecular weight excluding hydrogens is 347 g/mol. The van der Waals surface area contributed by atoms with E-state index in [2.05, 4.69) is 4.98 Å². The number of rotatable bonds is 6. The van der Waals surface area contributed by atoms with E-state index in [-0.39, 0.29) is 17.3 Å². The van der Waals surface area contributed by atoms with Gasteiger partial charge in [0.1, 0.15) is 11.4 Å². The van der Waals surface area contributed by atoms with Crippen molar-refractivity contribution < 1.29 is 18.7 Å². The van der Waals surface area contributed by atoms with Gasteiger partial charge in [-0.2, -0.15) is 0 Å². The molecule has 1 aromatic carbocycles. The zero-order valence-electron chi connectivity index (χ0n) is 15.1. The Morgan fingerprint density at radius 1 is 1.26 bits per heavy atom. The number of halogens is 1. The lowest BCUT2D eigenvalue weighted by molar-refractivity contribution is -0.168. The van der Waals surface area contributed by atoms with Gasteiger partial charge in [0.05, 0.1) is 32.7 Å². The maximum Gasteiger partial charge on any atom is 0.227 e. The highest BCUT2D eigenvalue weighted by atomic mass is 19.1. The fraction of sp³-hybridized carbons (Fsp3) is 0.429. The molecule has 27 heavy (non-hydrogen) atoms. The highest BCUT2D eigenvalue weighted by molar-refractivity contribution is 5.80. The first-order chi connectivity index (χ1) is 13.1. The van der Waals surface area contributed by atoms with Crippen LogP contribution in [-0.4, -0.2) is 47.7 Å². The average Bonchev–Trinajstić information content (AvgIpc) is 3.07. The minimum atomic E-state index is -0.289. The molecular formula is C21H23FN2O3. The number of hydrogen-bond acceptors (Lipinski definition) is 4. The molecule has 2 aromatic rings. The summed E-state index contributed by atoms with van der Waals surface area (Å²) in [5.74, 6) is 0.0596. The third kappa shape index (κ3) is 4.01. The number of benzene rings is 1. The van der Waals surface area contributed by atoms with Crippen LogP contribution in [-0.2, 0) is 27.3 Å². The molecule has 1 spiro atoms. The average molecular weight is 370 g/mol. The molecule has 3 heterocycles. The first kappa shape index (κ1) is 18.1. The third-order valence-electron chi connectivity index (χ3n) is 5.45. The van der Waals surface area contributed by atoms with Gasteiger partial charge in [-0.1, -0.05) is 18.2 Å². The van der Waals surface area contributed by atoms with Crippen molar-refractivity contribution >= 4 is 5.91 Å². The van der Waals surface area contributed by atoms with Crippen molar-refractivity contribution in [3.05, 3.63) is 65.7 Å². The Morgan fingerprint density at radius 3 is 2.81 bits per heavy atom. The number of amides is 1. The van der Waals surface area contributed by atoms with E-state index < -0.39 is 0 Å². The van der Waals surface area contributed by atoms with Crippen LogP contribution in [0.1, 0.15) is 17.5 Å². The van der Waals surface area contributed by atoms with Crippen LogP contribution >= 0.6 is 0 Å². The Hall–Kier alpha value is -2.31. The molecule has 1 atom stereocenters. The lowest BCUT2D eigenvalue weighted by Crippen LogP contribution is -2.66. The summed E-state index contributed by atoms with van der Waals surface area (Å²) in [5, 5.41) is 0. The van der Waals surface area contributed by atoms with E-state index in [0.29, 0.717) is 45.2 Å². The first-order valence-corrected chi connectivity index (χ1v) is 9.27. The van der Waals surface area contributed by atoms with Crippen molar-refractivity contribution in [2.45, 2.75) is 25.0 Å². The molecule has 1 amide bonds. The van der Waals surface area contributed by atoms with Crippen LogP contribution < -0.4 is 0 Å². The molecule has 2 saturated heterocycles. The van der Waals surface area contributed by atoms with Crippen molar-refractivity contribution in [2.75, 3.05) is 26.3 Å². The second-order valence-electron chi connectivity index (χ2n) is 7.33. The lowest BCUT2D eigenvalue weighted by atomic mass is 9.81. The van der Waals surface area contributed by atoms with Crippen molar-refractivity contribution in [3.8, 4) is 0 Å². The molecule has 0 radical (unpaired) electrons. The monoisotopic (exact) mass is 370 g/mol. The maximum atomic E-state index is 13.0. The molecule has 2 aliphatic heterocycles. The standard InChI is InChI=1S/C21H23FN2O3/c22-19-5-3-16(4-6-19)10-20(25)24-14-21(15-24)18(7-9-27-21)13-26-12-17-2-1-8-23-11-17/h1-6,8,11,18H,7,9-10,12-15H2/t18-/m1/s1. The minimum Gasteiger partial charge on any atom is -0.376 e. The van der Waals surface area contributed by atoms with E-state index in [9.17, 15) is 9.18 Å². The summed E-state index contributed by atoms with van der Waals surface area (Å²) >= 11 is 0. The largest absolute Gasteiger partial charge is 0.376 e. The van der Waals surface area contributed by atoms with Gasteiger partial charge in [-0.05, 0) is 35.7 Å². The zero-order chi connectivity index (χ0) is 18.7. The van der Waals surface area contributed by atoms with Gasteiger partial charge in [0.25, 0.3) is 0 Å². The van der Waals surface area contributed by atoms with Gasteiger partial charge in [0.2, 0.25) is 5.91 Å². The molecule has 2 fully saturated rings. The summed E-state index contributed by atoms with van der Waals surface area (Å²) in [5.41, 5.74) is 1.61. The Kier molecular flexibility index (Phi) is 5.18. The summed E-state index contributed by atoms with van der Waals surface area (Å²) in [6.07, 6.45) is 4.79. The second-order valence-corrected chi connectivity index (χ2v) is 7.33. The zero-order valence-corrected chi connectivity index (χ0v) is 15.1. The van der Waals surface area contributed by atoms with Crippen LogP contribution in [0.4, 0.5) is 4.39 Å². The first-order valence-electron chi connectivity index (χ1n) is 9.27. The third-order valence-corrected chi connectivity index (χ3v) is 5.45. The summed E-state index contributed by atoms with van der Waals surface area (Å²) < 4.78 is 24.9. The van der Waals surface area contributed by atoms with Gasteiger partial charge in [0.15, 0.2) is 0 Å². The fourth-order valence-corrected chi connectivity index (χ4v) is 3.84. The van der Waals surface area contributed by atoms with E-state index in [1.54, 1.807) is 24.5 Å². The molecule has 0 aliphatic carbocycles. The number of aromatic nitrogens is 1. The number of ether oxygens (including phenoxy) is 2. The normalized spacial score (nSPS) is 20.6. The van der Waals surface area contributed by atoms with E-state index >= 15 is 0 Å². The Bertz CT molecular complexity index is 776. The minimum absolute atomic E-state index is 0.0535. The fourth-order valence-electron chi connectivity index (χ4n) is 3.84. The van der Waals surface area contributed by atoms with Gasteiger partial charge in [0, 0.05) is 24.9 Å². The predicted molar refractivity (Wildman–Crippen MR) is 97.4 cm³/mol. The molecule has 4 rings (SSSR count). The van der Waals surface area contributed by atoms with Gasteiger partial charge in [-0.3, -0.25) is 9.78 Å². The molecule has 5 nitrogen and oxygen atoms in total. The molecule has 142 valence electrons. The van der Waals surface area contributed by atoms with Gasteiger partial charge >= 0.3 is 0 Å². The molecule has 0 bridgehead atoms. The smallest absolute Gasteiger partial charge is 0.227 e. The molecule has 0 saturated carbocycles. The summed E-state index contributed by atoms with van der Waals surface area (Å²) in [6.45, 7) is 3.07. The van der Waals surface area contributed by atoms with Crippen molar-refractivity contribution in [3.63, 3.8) is 0 Å². The van der Waals surface area contributed by atoms with Gasteiger partial charge in [-0.25, -0.2) is 4.39 Å². The molecule has 0 unspecified atom stereocenters. The molecule has 1 aromatic heterocycles. The molecule has 2 aliphatic rings. The number of carbonyl (C=O) groups excluding carboxylic acids is 1. The van der Waals surface area contributed by atoms with Crippen LogP contribution in [0.5, 0.6) is 0 Å². The van der Waals surface area contributed by atoms with Gasteiger partial charge in [-0.15, -0.1) is 0 Å². The maximum absolute atomic E-state index is 13.0. The summed E-state index contributed by atoms with van der Waals surface area (Å²) in [6, 6.07) is 9.97. The van der Waals surface area contributed by atoms with Crippen LogP contribution in [0, 0.1) is 11.7 Å². The lowest BCUT2D eigenvalue weighted by Gasteiger charge is -2.50. The highest BCUT2D eigenvalue weighted by Crippen LogP contribution is 2.40. The Balaban J connectivity index is 1.27. The van der Waals surface area contributed by atoms with Crippen molar-refractivity contribution in [2.24, 2.45) is 5.92 Å². The number of carbonyl (C=O) groups is 1. The van der Waals surface area contributed by atoms with E-state index in [4.69, 9.17) is 9.47 Å². The predicted octanol–water partition coefficient (Wildman–Crippen LogP) is 2.60. The summed E-state index contributed by atoms with van der Waals surface area (Å²) in [7, 11) is 0. The SMILES string of the molecule is O=C(Cc1ccc(F)cc1)N1CC2(C1)OCC[C@@H]2COCc1cccnc1. The van der Waals surface area contributed by atoms with Crippen molar-refractivity contribution in [1.29, 1.82) is 0 Å². The van der Waals surface area contributed by atoms with Gasteiger partial charge < -0.3 is 14.4 Å². The molecule has 6 heteroatoms. The quantitative estimate of drug-likeness (QED) is 0.784. The molecule has 0 N–H and O–H groups in total. The van der Waals surface area contributed by atoms with Crippen LogP contribution in [0.2, 0.25) is 0 Å². The number of pyridine rings is 1.